The molecule has 0 spiro atoms. The highest BCUT2D eigenvalue weighted by Gasteiger charge is 2.25. The number of carbonyl (C=O) groups is 2. The van der Waals surface area contributed by atoms with E-state index in [1.54, 1.807) is 0 Å². The lowest BCUT2D eigenvalue weighted by Crippen LogP contribution is -2.51. The molecule has 4 N–H and O–H groups in total. The predicted octanol–water partition coefficient (Wildman–Crippen LogP) is 0.0152. The van der Waals surface area contributed by atoms with Crippen LogP contribution in [0.15, 0.2) is 0 Å². The highest BCUT2D eigenvalue weighted by Crippen LogP contribution is 2.25. The fourth-order valence-electron chi connectivity index (χ4n) is 1.59. The molecule has 1 aliphatic heterocycles. The van der Waals surface area contributed by atoms with Crippen LogP contribution in [0.2, 0.25) is 0 Å². The van der Waals surface area contributed by atoms with Gasteiger partial charge in [-0.2, -0.15) is 11.8 Å². The van der Waals surface area contributed by atoms with Gasteiger partial charge in [0, 0.05) is 11.8 Å². The van der Waals surface area contributed by atoms with Crippen LogP contribution in [0.3, 0.4) is 0 Å². The van der Waals surface area contributed by atoms with Crippen LogP contribution >= 0.6 is 11.8 Å². The van der Waals surface area contributed by atoms with Gasteiger partial charge in [-0.1, -0.05) is 0 Å². The molecule has 0 aromatic heterocycles. The first-order valence-electron chi connectivity index (χ1n) is 5.57. The van der Waals surface area contributed by atoms with Crippen LogP contribution in [0.5, 0.6) is 0 Å². The minimum absolute atomic E-state index is 0.413. The Morgan fingerprint density at radius 2 is 2.24 bits per heavy atom. The van der Waals surface area contributed by atoms with Crippen molar-refractivity contribution in [2.75, 3.05) is 12.3 Å². The monoisotopic (exact) mass is 262 g/mol. The van der Waals surface area contributed by atoms with E-state index >= 15 is 0 Å². The third-order valence-electron chi connectivity index (χ3n) is 2.55. The molecule has 0 aromatic rings. The van der Waals surface area contributed by atoms with Crippen LogP contribution in [-0.2, 0) is 4.79 Å². The van der Waals surface area contributed by atoms with Crippen LogP contribution in [0.25, 0.3) is 0 Å². The van der Waals surface area contributed by atoms with Crippen LogP contribution in [0, 0.1) is 0 Å². The highest BCUT2D eigenvalue weighted by atomic mass is 32.2. The third-order valence-corrected chi connectivity index (χ3v) is 3.95. The van der Waals surface area contributed by atoms with E-state index in [0.717, 1.165) is 18.6 Å². The van der Waals surface area contributed by atoms with E-state index in [1.807, 2.05) is 11.8 Å². The maximum absolute atomic E-state index is 11.4. The fraction of sp³-hybridized carbons (Fsp3) is 0.800. The van der Waals surface area contributed by atoms with Crippen LogP contribution < -0.4 is 10.6 Å². The summed E-state index contributed by atoms with van der Waals surface area (Å²) in [5.74, 6) is -0.135. The summed E-state index contributed by atoms with van der Waals surface area (Å²) in [5, 5.41) is 23.2. The van der Waals surface area contributed by atoms with Crippen molar-refractivity contribution >= 4 is 23.8 Å². The minimum Gasteiger partial charge on any atom is -0.480 e. The van der Waals surface area contributed by atoms with E-state index in [0.29, 0.717) is 11.8 Å². The fourth-order valence-corrected chi connectivity index (χ4v) is 2.79. The van der Waals surface area contributed by atoms with Crippen molar-refractivity contribution in [3.63, 3.8) is 0 Å². The third kappa shape index (κ3) is 4.82. The van der Waals surface area contributed by atoms with Crippen molar-refractivity contribution in [3.8, 4) is 0 Å². The van der Waals surface area contributed by atoms with Crippen molar-refractivity contribution in [2.24, 2.45) is 0 Å². The number of aliphatic hydroxyl groups is 1. The van der Waals surface area contributed by atoms with E-state index in [-0.39, 0.29) is 0 Å². The maximum Gasteiger partial charge on any atom is 0.328 e. The zero-order valence-corrected chi connectivity index (χ0v) is 10.5. The topological polar surface area (TPSA) is 98.7 Å². The van der Waals surface area contributed by atoms with E-state index in [9.17, 15) is 14.7 Å². The summed E-state index contributed by atoms with van der Waals surface area (Å²) >= 11 is 1.81. The summed E-state index contributed by atoms with van der Waals surface area (Å²) in [5.41, 5.74) is 0. The number of carboxylic acid groups (broad SMARTS) is 1. The molecule has 1 unspecified atom stereocenters. The van der Waals surface area contributed by atoms with Gasteiger partial charge in [0.25, 0.3) is 0 Å². The summed E-state index contributed by atoms with van der Waals surface area (Å²) in [6.45, 7) is 1.86. The number of urea groups is 1. The number of aliphatic carboxylic acids is 1. The van der Waals surface area contributed by atoms with E-state index in [1.165, 1.54) is 6.92 Å². The number of rotatable bonds is 5. The standard InChI is InChI=1S/C10H18N2O4S/c1-6(13)8(9(14)15)12-10(16)11-5-7-3-2-4-17-7/h6-8,13H,2-5H2,1H3,(H,14,15)(H2,11,12,16)/t6-,7?,8+/m1/s1. The average molecular weight is 262 g/mol. The summed E-state index contributed by atoms with van der Waals surface area (Å²) in [6, 6.07) is -1.82. The van der Waals surface area contributed by atoms with Gasteiger partial charge in [-0.3, -0.25) is 0 Å². The van der Waals surface area contributed by atoms with Crippen molar-refractivity contribution in [1.29, 1.82) is 0 Å². The van der Waals surface area contributed by atoms with Gasteiger partial charge in [-0.15, -0.1) is 0 Å². The number of carboxylic acids is 1. The molecular formula is C10H18N2O4S. The number of aliphatic hydroxyl groups excluding tert-OH is 1. The molecule has 1 heterocycles. The number of amides is 2. The summed E-state index contributed by atoms with van der Waals surface area (Å²) in [7, 11) is 0. The molecule has 98 valence electrons. The first-order valence-corrected chi connectivity index (χ1v) is 6.62. The van der Waals surface area contributed by atoms with Gasteiger partial charge in [-0.05, 0) is 25.5 Å². The zero-order chi connectivity index (χ0) is 12.8. The Bertz CT molecular complexity index is 279. The molecule has 0 aromatic carbocycles. The van der Waals surface area contributed by atoms with Gasteiger partial charge in [0.15, 0.2) is 6.04 Å². The molecule has 0 aliphatic carbocycles. The van der Waals surface area contributed by atoms with Gasteiger partial charge >= 0.3 is 12.0 Å². The van der Waals surface area contributed by atoms with Crippen LogP contribution in [-0.4, -0.2) is 51.9 Å². The number of nitrogens with one attached hydrogen (secondary N) is 2. The van der Waals surface area contributed by atoms with Crippen molar-refractivity contribution in [2.45, 2.75) is 37.2 Å². The van der Waals surface area contributed by atoms with Gasteiger partial charge in [0.2, 0.25) is 0 Å². The second-order valence-corrected chi connectivity index (χ2v) is 5.45. The second-order valence-electron chi connectivity index (χ2n) is 4.05. The summed E-state index contributed by atoms with van der Waals surface area (Å²) in [4.78, 5) is 22.1. The molecule has 17 heavy (non-hydrogen) atoms. The van der Waals surface area contributed by atoms with Crippen LogP contribution in [0.4, 0.5) is 4.79 Å². The lowest BCUT2D eigenvalue weighted by Gasteiger charge is -2.18. The zero-order valence-electron chi connectivity index (χ0n) is 9.68. The molecule has 1 saturated heterocycles. The quantitative estimate of drug-likeness (QED) is 0.559. The lowest BCUT2D eigenvalue weighted by atomic mass is 10.2. The smallest absolute Gasteiger partial charge is 0.328 e. The van der Waals surface area contributed by atoms with Crippen molar-refractivity contribution in [3.05, 3.63) is 0 Å². The molecule has 0 radical (unpaired) electrons. The molecular weight excluding hydrogens is 244 g/mol. The molecule has 0 bridgehead atoms. The molecule has 3 atom stereocenters. The Morgan fingerprint density at radius 3 is 2.71 bits per heavy atom. The number of hydrogen-bond donors (Lipinski definition) is 4. The molecule has 7 heteroatoms. The predicted molar refractivity (Wildman–Crippen MR) is 65.1 cm³/mol. The van der Waals surface area contributed by atoms with Gasteiger partial charge in [0.05, 0.1) is 6.10 Å². The van der Waals surface area contributed by atoms with Crippen LogP contribution in [0.1, 0.15) is 19.8 Å². The van der Waals surface area contributed by atoms with E-state index in [4.69, 9.17) is 5.11 Å². The lowest BCUT2D eigenvalue weighted by molar-refractivity contribution is -0.141. The number of carbonyl (C=O) groups excluding carboxylic acids is 1. The summed E-state index contributed by atoms with van der Waals surface area (Å²) in [6.07, 6.45) is 1.10. The van der Waals surface area contributed by atoms with Gasteiger partial charge < -0.3 is 20.8 Å². The first kappa shape index (κ1) is 14.1. The molecule has 2 amide bonds. The molecule has 1 rings (SSSR count). The SMILES string of the molecule is C[C@@H](O)[C@H](NC(=O)NCC1CCCS1)C(=O)O. The first-order chi connectivity index (χ1) is 8.00. The maximum atomic E-state index is 11.4. The van der Waals surface area contributed by atoms with Gasteiger partial charge in [0.1, 0.15) is 0 Å². The number of hydrogen-bond acceptors (Lipinski definition) is 4. The molecule has 0 saturated carbocycles. The normalized spacial score (nSPS) is 22.8. The molecule has 1 fully saturated rings. The Kier molecular flexibility index (Phi) is 5.57. The Morgan fingerprint density at radius 1 is 1.53 bits per heavy atom. The van der Waals surface area contributed by atoms with Crippen molar-refractivity contribution < 1.29 is 19.8 Å². The Labute approximate surface area is 104 Å². The Hall–Kier alpha value is -0.950. The van der Waals surface area contributed by atoms with Gasteiger partial charge in [-0.25, -0.2) is 9.59 Å². The largest absolute Gasteiger partial charge is 0.480 e. The number of thioether (sulfide) groups is 1. The van der Waals surface area contributed by atoms with E-state index < -0.39 is 24.1 Å². The Balaban J connectivity index is 2.29. The molecule has 1 aliphatic rings. The minimum atomic E-state index is -1.27. The highest BCUT2D eigenvalue weighted by molar-refractivity contribution is 8.00. The van der Waals surface area contributed by atoms with E-state index in [2.05, 4.69) is 10.6 Å². The summed E-state index contributed by atoms with van der Waals surface area (Å²) < 4.78 is 0. The second kappa shape index (κ2) is 6.70. The van der Waals surface area contributed by atoms with Crippen molar-refractivity contribution in [1.82, 2.24) is 10.6 Å². The average Bonchev–Trinajstić information content (AvgIpc) is 2.74. The molecule has 6 nitrogen and oxygen atoms in total.